The molecule has 0 aliphatic heterocycles. The van der Waals surface area contributed by atoms with E-state index in [1.807, 2.05) is 13.8 Å². The number of terminal acetylenes is 1. The van der Waals surface area contributed by atoms with E-state index in [4.69, 9.17) is 11.2 Å². The van der Waals surface area contributed by atoms with Gasteiger partial charge in [0.1, 0.15) is 0 Å². The van der Waals surface area contributed by atoms with Crippen LogP contribution in [0.2, 0.25) is 0 Å². The van der Waals surface area contributed by atoms with Crippen LogP contribution in [-0.2, 0) is 4.74 Å². The molecule has 0 aromatic heterocycles. The van der Waals surface area contributed by atoms with Crippen LogP contribution in [-0.4, -0.2) is 31.3 Å². The zero-order valence-corrected chi connectivity index (χ0v) is 10.8. The minimum Gasteiger partial charge on any atom is -0.381 e. The van der Waals surface area contributed by atoms with E-state index in [-0.39, 0.29) is 30.1 Å². The molecule has 1 fully saturated rings. The summed E-state index contributed by atoms with van der Waals surface area (Å²) in [4.78, 5) is 11.7. The van der Waals surface area contributed by atoms with Crippen molar-refractivity contribution in [3.63, 3.8) is 0 Å². The molecular formula is C13H22N2O2. The topological polar surface area (TPSA) is 50.4 Å². The van der Waals surface area contributed by atoms with E-state index in [1.165, 1.54) is 0 Å². The highest BCUT2D eigenvalue weighted by Gasteiger charge is 2.26. The van der Waals surface area contributed by atoms with Crippen molar-refractivity contribution >= 4 is 6.03 Å². The second-order valence-electron chi connectivity index (χ2n) is 4.87. The standard InChI is InChI=1S/C13H22N2O2/c1-5-12(9(2)3)15-13(16)14-10-6-7-11(8-10)17-4/h1,9-12H,6-8H2,2-4H3,(H2,14,15,16)/t10-,11+,12+/m1/s1. The number of rotatable bonds is 4. The average Bonchev–Trinajstić information content (AvgIpc) is 2.73. The van der Waals surface area contributed by atoms with E-state index in [0.717, 1.165) is 19.3 Å². The lowest BCUT2D eigenvalue weighted by Crippen LogP contribution is -2.46. The van der Waals surface area contributed by atoms with E-state index in [0.29, 0.717) is 0 Å². The van der Waals surface area contributed by atoms with Gasteiger partial charge in [-0.3, -0.25) is 0 Å². The Morgan fingerprint density at radius 2 is 2.18 bits per heavy atom. The Morgan fingerprint density at radius 3 is 2.65 bits per heavy atom. The van der Waals surface area contributed by atoms with Crippen molar-refractivity contribution in [2.24, 2.45) is 5.92 Å². The van der Waals surface area contributed by atoms with Gasteiger partial charge >= 0.3 is 6.03 Å². The van der Waals surface area contributed by atoms with Crippen LogP contribution in [0.5, 0.6) is 0 Å². The van der Waals surface area contributed by atoms with E-state index in [1.54, 1.807) is 7.11 Å². The molecule has 4 nitrogen and oxygen atoms in total. The molecule has 0 unspecified atom stereocenters. The Labute approximate surface area is 103 Å². The van der Waals surface area contributed by atoms with Gasteiger partial charge in [-0.2, -0.15) is 0 Å². The predicted octanol–water partition coefficient (Wildman–Crippen LogP) is 1.51. The molecule has 0 spiro atoms. The maximum atomic E-state index is 11.7. The fraction of sp³-hybridized carbons (Fsp3) is 0.769. The third-order valence-corrected chi connectivity index (χ3v) is 3.19. The van der Waals surface area contributed by atoms with Gasteiger partial charge in [-0.1, -0.05) is 19.8 Å². The van der Waals surface area contributed by atoms with Gasteiger partial charge in [0, 0.05) is 13.2 Å². The molecule has 0 aromatic carbocycles. The number of carbonyl (C=O) groups is 1. The molecule has 17 heavy (non-hydrogen) atoms. The SMILES string of the molecule is C#C[C@H](NC(=O)N[C@@H]1CC[C@H](OC)C1)C(C)C. The highest BCUT2D eigenvalue weighted by Crippen LogP contribution is 2.21. The predicted molar refractivity (Wildman–Crippen MR) is 67.6 cm³/mol. The van der Waals surface area contributed by atoms with E-state index < -0.39 is 0 Å². The number of nitrogens with one attached hydrogen (secondary N) is 2. The summed E-state index contributed by atoms with van der Waals surface area (Å²) in [7, 11) is 1.71. The van der Waals surface area contributed by atoms with E-state index in [9.17, 15) is 4.79 Å². The largest absolute Gasteiger partial charge is 0.381 e. The maximum absolute atomic E-state index is 11.7. The van der Waals surface area contributed by atoms with Gasteiger partial charge in [0.2, 0.25) is 0 Å². The molecule has 4 heteroatoms. The normalized spacial score (nSPS) is 25.4. The molecule has 0 bridgehead atoms. The number of urea groups is 1. The van der Waals surface area contributed by atoms with Gasteiger partial charge in [-0.15, -0.1) is 6.42 Å². The van der Waals surface area contributed by atoms with Crippen LogP contribution in [0.15, 0.2) is 0 Å². The third kappa shape index (κ3) is 4.27. The monoisotopic (exact) mass is 238 g/mol. The van der Waals surface area contributed by atoms with Crippen LogP contribution in [0.25, 0.3) is 0 Å². The van der Waals surface area contributed by atoms with Gasteiger partial charge in [-0.25, -0.2) is 4.79 Å². The zero-order chi connectivity index (χ0) is 12.8. The first-order chi connectivity index (χ1) is 8.06. The molecule has 96 valence electrons. The first kappa shape index (κ1) is 13.9. The fourth-order valence-corrected chi connectivity index (χ4v) is 2.05. The molecule has 2 N–H and O–H groups in total. The second-order valence-corrected chi connectivity index (χ2v) is 4.87. The first-order valence-electron chi connectivity index (χ1n) is 6.12. The highest BCUT2D eigenvalue weighted by atomic mass is 16.5. The van der Waals surface area contributed by atoms with Crippen molar-refractivity contribution in [2.45, 2.75) is 51.3 Å². The van der Waals surface area contributed by atoms with Gasteiger partial charge in [0.25, 0.3) is 0 Å². The van der Waals surface area contributed by atoms with Crippen LogP contribution in [0.4, 0.5) is 4.79 Å². The molecule has 1 aliphatic carbocycles. The molecule has 0 radical (unpaired) electrons. The van der Waals surface area contributed by atoms with Crippen LogP contribution < -0.4 is 10.6 Å². The average molecular weight is 238 g/mol. The van der Waals surface area contributed by atoms with Gasteiger partial charge in [-0.05, 0) is 25.2 Å². The summed E-state index contributed by atoms with van der Waals surface area (Å²) in [6.07, 6.45) is 8.49. The minimum atomic E-state index is -0.213. The Hall–Kier alpha value is -1.21. The van der Waals surface area contributed by atoms with Crippen molar-refractivity contribution in [3.8, 4) is 12.3 Å². The van der Waals surface area contributed by atoms with Crippen LogP contribution >= 0.6 is 0 Å². The number of hydrogen-bond donors (Lipinski definition) is 2. The summed E-state index contributed by atoms with van der Waals surface area (Å²) in [5, 5.41) is 5.74. The fourth-order valence-electron chi connectivity index (χ4n) is 2.05. The molecule has 1 rings (SSSR count). The van der Waals surface area contributed by atoms with E-state index >= 15 is 0 Å². The quantitative estimate of drug-likeness (QED) is 0.729. The number of ether oxygens (including phenoxy) is 1. The molecule has 1 aliphatic rings. The smallest absolute Gasteiger partial charge is 0.315 e. The second kappa shape index (κ2) is 6.51. The van der Waals surface area contributed by atoms with Crippen molar-refractivity contribution < 1.29 is 9.53 Å². The zero-order valence-electron chi connectivity index (χ0n) is 10.8. The minimum absolute atomic E-state index is 0.177. The number of hydrogen-bond acceptors (Lipinski definition) is 2. The van der Waals surface area contributed by atoms with Crippen molar-refractivity contribution in [1.82, 2.24) is 10.6 Å². The molecule has 0 heterocycles. The molecular weight excluding hydrogens is 216 g/mol. The lowest BCUT2D eigenvalue weighted by Gasteiger charge is -2.19. The third-order valence-electron chi connectivity index (χ3n) is 3.19. The summed E-state index contributed by atoms with van der Waals surface area (Å²) < 4.78 is 5.26. The summed E-state index contributed by atoms with van der Waals surface area (Å²) in [6, 6.07) is -0.191. The highest BCUT2D eigenvalue weighted by molar-refractivity contribution is 5.75. The maximum Gasteiger partial charge on any atom is 0.315 e. The molecule has 1 saturated carbocycles. The van der Waals surface area contributed by atoms with Gasteiger partial charge in [0.05, 0.1) is 12.1 Å². The van der Waals surface area contributed by atoms with Crippen molar-refractivity contribution in [1.29, 1.82) is 0 Å². The van der Waals surface area contributed by atoms with Crippen LogP contribution in [0, 0.1) is 18.3 Å². The van der Waals surface area contributed by atoms with Crippen molar-refractivity contribution in [3.05, 3.63) is 0 Å². The Kier molecular flexibility index (Phi) is 5.30. The number of carbonyl (C=O) groups excluding carboxylic acids is 1. The van der Waals surface area contributed by atoms with Crippen molar-refractivity contribution in [2.75, 3.05) is 7.11 Å². The molecule has 3 atom stereocenters. The van der Waals surface area contributed by atoms with Gasteiger partial charge in [0.15, 0.2) is 0 Å². The molecule has 2 amide bonds. The number of methoxy groups -OCH3 is 1. The Morgan fingerprint density at radius 1 is 1.47 bits per heavy atom. The van der Waals surface area contributed by atoms with Crippen LogP contribution in [0.3, 0.4) is 0 Å². The molecule has 0 saturated heterocycles. The van der Waals surface area contributed by atoms with Gasteiger partial charge < -0.3 is 15.4 Å². The molecule has 0 aromatic rings. The summed E-state index contributed by atoms with van der Waals surface area (Å²) in [5.74, 6) is 2.82. The lowest BCUT2D eigenvalue weighted by molar-refractivity contribution is 0.107. The van der Waals surface area contributed by atoms with Crippen LogP contribution in [0.1, 0.15) is 33.1 Å². The summed E-state index contributed by atoms with van der Waals surface area (Å²) >= 11 is 0. The number of amides is 2. The summed E-state index contributed by atoms with van der Waals surface area (Å²) in [6.45, 7) is 3.97. The first-order valence-corrected chi connectivity index (χ1v) is 6.12. The lowest BCUT2D eigenvalue weighted by atomic mass is 10.1. The Balaban J connectivity index is 2.33. The summed E-state index contributed by atoms with van der Waals surface area (Å²) in [5.41, 5.74) is 0. The Bertz CT molecular complexity index is 296. The van der Waals surface area contributed by atoms with E-state index in [2.05, 4.69) is 16.6 Å².